The summed E-state index contributed by atoms with van der Waals surface area (Å²) in [5, 5.41) is 5.79. The molecule has 0 atom stereocenters. The summed E-state index contributed by atoms with van der Waals surface area (Å²) in [7, 11) is -3.62. The van der Waals surface area contributed by atoms with E-state index >= 15 is 0 Å². The molecule has 0 aliphatic heterocycles. The summed E-state index contributed by atoms with van der Waals surface area (Å²) in [6.45, 7) is 0.230. The van der Waals surface area contributed by atoms with E-state index in [0.717, 1.165) is 11.3 Å². The molecular formula is C14H12FN3O2S2. The van der Waals surface area contributed by atoms with Crippen LogP contribution in [0.1, 0.15) is 5.56 Å². The van der Waals surface area contributed by atoms with Gasteiger partial charge < -0.3 is 0 Å². The van der Waals surface area contributed by atoms with Crippen molar-refractivity contribution in [3.63, 3.8) is 0 Å². The molecule has 0 amide bonds. The standard InChI is InChI=1S/C14H12FN3O2S2/c15-12-5-2-1-4-11(12)10-18-8-7-13(16-18)17-22(19,20)14-6-3-9-21-14/h1-9H,10H2,(H,16,17). The molecule has 114 valence electrons. The minimum Gasteiger partial charge on any atom is -0.266 e. The van der Waals surface area contributed by atoms with Gasteiger partial charge in [0.2, 0.25) is 0 Å². The van der Waals surface area contributed by atoms with Gasteiger partial charge in [-0.15, -0.1) is 11.3 Å². The Morgan fingerprint density at radius 1 is 1.18 bits per heavy atom. The Kier molecular flexibility index (Phi) is 3.95. The summed E-state index contributed by atoms with van der Waals surface area (Å²) in [6, 6.07) is 11.1. The molecule has 0 saturated carbocycles. The SMILES string of the molecule is O=S(=O)(Nc1ccn(Cc2ccccc2F)n1)c1cccs1. The topological polar surface area (TPSA) is 64.0 Å². The Balaban J connectivity index is 1.76. The molecule has 1 aromatic carbocycles. The second kappa shape index (κ2) is 5.90. The largest absolute Gasteiger partial charge is 0.272 e. The number of anilines is 1. The smallest absolute Gasteiger partial charge is 0.266 e. The van der Waals surface area contributed by atoms with Crippen LogP contribution in [0.2, 0.25) is 0 Å². The van der Waals surface area contributed by atoms with E-state index in [1.807, 2.05) is 0 Å². The number of nitrogens with one attached hydrogen (secondary N) is 1. The number of rotatable bonds is 5. The van der Waals surface area contributed by atoms with Gasteiger partial charge in [0.05, 0.1) is 6.54 Å². The van der Waals surface area contributed by atoms with Gasteiger partial charge in [-0.05, 0) is 17.5 Å². The van der Waals surface area contributed by atoms with Crippen molar-refractivity contribution < 1.29 is 12.8 Å². The highest BCUT2D eigenvalue weighted by molar-refractivity contribution is 7.94. The fourth-order valence-electron chi connectivity index (χ4n) is 1.91. The lowest BCUT2D eigenvalue weighted by Crippen LogP contribution is -2.12. The van der Waals surface area contributed by atoms with Gasteiger partial charge in [0.25, 0.3) is 10.0 Å². The first kappa shape index (κ1) is 14.7. The fourth-order valence-corrected chi connectivity index (χ4v) is 3.90. The molecule has 0 aliphatic rings. The van der Waals surface area contributed by atoms with Crippen LogP contribution in [0.25, 0.3) is 0 Å². The second-order valence-electron chi connectivity index (χ2n) is 4.53. The molecule has 3 rings (SSSR count). The number of thiophene rings is 1. The van der Waals surface area contributed by atoms with Gasteiger partial charge in [-0.2, -0.15) is 5.10 Å². The zero-order valence-electron chi connectivity index (χ0n) is 11.3. The summed E-state index contributed by atoms with van der Waals surface area (Å²) in [6.07, 6.45) is 1.60. The monoisotopic (exact) mass is 337 g/mol. The van der Waals surface area contributed by atoms with Gasteiger partial charge in [-0.25, -0.2) is 12.8 Å². The molecule has 0 radical (unpaired) electrons. The van der Waals surface area contributed by atoms with Crippen LogP contribution in [0.4, 0.5) is 10.2 Å². The van der Waals surface area contributed by atoms with Gasteiger partial charge >= 0.3 is 0 Å². The normalized spacial score (nSPS) is 11.5. The van der Waals surface area contributed by atoms with Crippen LogP contribution >= 0.6 is 11.3 Å². The van der Waals surface area contributed by atoms with Crippen molar-refractivity contribution in [1.82, 2.24) is 9.78 Å². The Morgan fingerprint density at radius 2 is 2.00 bits per heavy atom. The maximum atomic E-state index is 13.6. The molecule has 0 saturated heterocycles. The Hall–Kier alpha value is -2.19. The molecule has 1 N–H and O–H groups in total. The molecule has 5 nitrogen and oxygen atoms in total. The maximum Gasteiger partial charge on any atom is 0.272 e. The third-order valence-corrected chi connectivity index (χ3v) is 5.68. The zero-order valence-corrected chi connectivity index (χ0v) is 12.9. The van der Waals surface area contributed by atoms with Crippen LogP contribution in [0, 0.1) is 5.82 Å². The van der Waals surface area contributed by atoms with E-state index in [-0.39, 0.29) is 22.4 Å². The van der Waals surface area contributed by atoms with Crippen molar-refractivity contribution in [3.05, 3.63) is 65.4 Å². The van der Waals surface area contributed by atoms with E-state index in [4.69, 9.17) is 0 Å². The first-order chi connectivity index (χ1) is 10.5. The minimum absolute atomic E-state index is 0.199. The Bertz CT molecular complexity index is 873. The van der Waals surface area contributed by atoms with Crippen molar-refractivity contribution in [2.75, 3.05) is 4.72 Å². The summed E-state index contributed by atoms with van der Waals surface area (Å²) < 4.78 is 41.8. The van der Waals surface area contributed by atoms with E-state index in [9.17, 15) is 12.8 Å². The molecule has 2 heterocycles. The Labute approximate surface area is 131 Å². The second-order valence-corrected chi connectivity index (χ2v) is 7.38. The molecular weight excluding hydrogens is 325 g/mol. The van der Waals surface area contributed by atoms with Crippen LogP contribution in [0.15, 0.2) is 58.3 Å². The maximum absolute atomic E-state index is 13.6. The number of nitrogens with zero attached hydrogens (tertiary/aromatic N) is 2. The molecule has 0 spiro atoms. The number of aromatic nitrogens is 2. The van der Waals surface area contributed by atoms with Gasteiger partial charge in [0, 0.05) is 17.8 Å². The van der Waals surface area contributed by atoms with Crippen molar-refractivity contribution in [1.29, 1.82) is 0 Å². The lowest BCUT2D eigenvalue weighted by Gasteiger charge is -2.04. The van der Waals surface area contributed by atoms with Crippen LogP contribution < -0.4 is 4.72 Å². The number of sulfonamides is 1. The van der Waals surface area contributed by atoms with E-state index in [2.05, 4.69) is 9.82 Å². The van der Waals surface area contributed by atoms with Gasteiger partial charge in [0.1, 0.15) is 10.0 Å². The average Bonchev–Trinajstić information content (AvgIpc) is 3.13. The quantitative estimate of drug-likeness (QED) is 0.778. The minimum atomic E-state index is -3.62. The van der Waals surface area contributed by atoms with E-state index in [1.165, 1.54) is 22.9 Å². The van der Waals surface area contributed by atoms with Crippen molar-refractivity contribution in [2.45, 2.75) is 10.8 Å². The first-order valence-corrected chi connectivity index (χ1v) is 8.74. The van der Waals surface area contributed by atoms with Gasteiger partial charge in [-0.3, -0.25) is 9.40 Å². The third-order valence-electron chi connectivity index (χ3n) is 2.93. The summed E-state index contributed by atoms with van der Waals surface area (Å²) in [4.78, 5) is 0. The van der Waals surface area contributed by atoms with E-state index in [1.54, 1.807) is 35.8 Å². The van der Waals surface area contributed by atoms with Crippen LogP contribution in [0.3, 0.4) is 0 Å². The molecule has 0 fully saturated rings. The summed E-state index contributed by atoms with van der Waals surface area (Å²) in [5.41, 5.74) is 0.485. The lowest BCUT2D eigenvalue weighted by atomic mass is 10.2. The van der Waals surface area contributed by atoms with Gasteiger partial charge in [0.15, 0.2) is 5.82 Å². The molecule has 3 aromatic rings. The fraction of sp³-hybridized carbons (Fsp3) is 0.0714. The number of halogens is 1. The number of hydrogen-bond acceptors (Lipinski definition) is 4. The summed E-state index contributed by atoms with van der Waals surface area (Å²) in [5.74, 6) is -0.122. The predicted octanol–water partition coefficient (Wildman–Crippen LogP) is 2.93. The molecule has 2 aromatic heterocycles. The molecule has 0 aliphatic carbocycles. The van der Waals surface area contributed by atoms with Crippen LogP contribution in [0.5, 0.6) is 0 Å². The third kappa shape index (κ3) is 3.18. The highest BCUT2D eigenvalue weighted by Crippen LogP contribution is 2.19. The number of hydrogen-bond donors (Lipinski definition) is 1. The van der Waals surface area contributed by atoms with Gasteiger partial charge in [-0.1, -0.05) is 24.3 Å². The summed E-state index contributed by atoms with van der Waals surface area (Å²) >= 11 is 1.13. The highest BCUT2D eigenvalue weighted by atomic mass is 32.2. The predicted molar refractivity (Wildman–Crippen MR) is 82.9 cm³/mol. The van der Waals surface area contributed by atoms with E-state index in [0.29, 0.717) is 5.56 Å². The van der Waals surface area contributed by atoms with Crippen molar-refractivity contribution in [3.8, 4) is 0 Å². The number of benzene rings is 1. The zero-order chi connectivity index (χ0) is 15.6. The van der Waals surface area contributed by atoms with Crippen molar-refractivity contribution >= 4 is 27.2 Å². The van der Waals surface area contributed by atoms with Crippen LogP contribution in [-0.4, -0.2) is 18.2 Å². The molecule has 0 unspecified atom stereocenters. The first-order valence-electron chi connectivity index (χ1n) is 6.38. The van der Waals surface area contributed by atoms with E-state index < -0.39 is 10.0 Å². The van der Waals surface area contributed by atoms with Crippen LogP contribution in [-0.2, 0) is 16.6 Å². The highest BCUT2D eigenvalue weighted by Gasteiger charge is 2.16. The molecule has 0 bridgehead atoms. The average molecular weight is 337 g/mol. The van der Waals surface area contributed by atoms with Crippen molar-refractivity contribution in [2.24, 2.45) is 0 Å². The Morgan fingerprint density at radius 3 is 2.73 bits per heavy atom. The molecule has 8 heteroatoms. The lowest BCUT2D eigenvalue weighted by molar-refractivity contribution is 0.585. The molecule has 22 heavy (non-hydrogen) atoms.